The van der Waals surface area contributed by atoms with Gasteiger partial charge in [-0.1, -0.05) is 5.16 Å². The van der Waals surface area contributed by atoms with E-state index in [0.29, 0.717) is 11.5 Å². The maximum absolute atomic E-state index is 13.0. The summed E-state index contributed by atoms with van der Waals surface area (Å²) in [5.41, 5.74) is -0.151. The second-order valence-corrected chi connectivity index (χ2v) is 11.5. The highest BCUT2D eigenvalue weighted by Gasteiger charge is 2.57. The minimum Gasteiger partial charge on any atom is -0.481 e. The quantitative estimate of drug-likeness (QED) is 0.205. The van der Waals surface area contributed by atoms with E-state index >= 15 is 0 Å². The zero-order valence-electron chi connectivity index (χ0n) is 19.1. The van der Waals surface area contributed by atoms with Crippen LogP contribution in [0.25, 0.3) is 0 Å². The number of thioether (sulfide) groups is 2. The highest BCUT2D eigenvalue weighted by Crippen LogP contribution is 2.43. The van der Waals surface area contributed by atoms with E-state index < -0.39 is 41.5 Å². The van der Waals surface area contributed by atoms with Crippen molar-refractivity contribution in [2.24, 2.45) is 10.6 Å². The van der Waals surface area contributed by atoms with Crippen LogP contribution in [0.4, 0.5) is 0 Å². The molecule has 14 heteroatoms. The normalized spacial score (nSPS) is 24.6. The molecule has 11 nitrogen and oxygen atoms in total. The third-order valence-corrected chi connectivity index (χ3v) is 7.97. The lowest BCUT2D eigenvalue weighted by Gasteiger charge is -2.53. The summed E-state index contributed by atoms with van der Waals surface area (Å²) in [6.07, 6.45) is 1.83. The van der Waals surface area contributed by atoms with Crippen LogP contribution in [0.1, 0.15) is 26.5 Å². The number of carboxylic acid groups (broad SMARTS) is 1. The number of amides is 2. The van der Waals surface area contributed by atoms with Crippen molar-refractivity contribution >= 4 is 64.3 Å². The maximum atomic E-state index is 13.0. The Labute approximate surface area is 209 Å². The Kier molecular flexibility index (Phi) is 8.14. The number of aromatic nitrogens is 1. The summed E-state index contributed by atoms with van der Waals surface area (Å²) in [6, 6.07) is -0.826. The summed E-state index contributed by atoms with van der Waals surface area (Å²) < 4.78 is 5.14. The molecule has 2 aliphatic rings. The molecule has 0 radical (unpaired) electrons. The fourth-order valence-corrected chi connectivity index (χ4v) is 6.52. The summed E-state index contributed by atoms with van der Waals surface area (Å²) in [5.74, 6) is -1.91. The average Bonchev–Trinajstić information content (AvgIpc) is 3.28. The van der Waals surface area contributed by atoms with Gasteiger partial charge in [0.05, 0.1) is 5.51 Å². The van der Waals surface area contributed by atoms with Gasteiger partial charge in [0.15, 0.2) is 5.71 Å². The zero-order valence-corrected chi connectivity index (χ0v) is 21.6. The number of nitrogens with one attached hydrogen (secondary N) is 1. The van der Waals surface area contributed by atoms with Crippen molar-refractivity contribution in [2.75, 3.05) is 30.9 Å². The Morgan fingerprint density at radius 2 is 2.15 bits per heavy atom. The molecule has 2 unspecified atom stereocenters. The number of fused-ring (bicyclic) bond motifs is 1. The van der Waals surface area contributed by atoms with Crippen LogP contribution in [0.5, 0.6) is 0 Å². The molecule has 2 fully saturated rings. The molecule has 2 N–H and O–H groups in total. The van der Waals surface area contributed by atoms with Gasteiger partial charge in [-0.05, 0) is 27.0 Å². The highest BCUT2D eigenvalue weighted by atomic mass is 32.2. The number of β-lactam (4-membered cyclic amide) rings is 1. The van der Waals surface area contributed by atoms with Gasteiger partial charge in [-0.15, -0.1) is 23.1 Å². The van der Waals surface area contributed by atoms with E-state index in [2.05, 4.69) is 15.5 Å². The van der Waals surface area contributed by atoms with Crippen molar-refractivity contribution in [3.05, 3.63) is 16.6 Å². The zero-order chi connectivity index (χ0) is 25.1. The first-order valence-corrected chi connectivity index (χ1v) is 13.6. The Bertz CT molecular complexity index is 979. The van der Waals surface area contributed by atoms with Gasteiger partial charge in [0.2, 0.25) is 12.5 Å². The number of oxime groups is 1. The van der Waals surface area contributed by atoms with Crippen LogP contribution in [-0.4, -0.2) is 92.4 Å². The van der Waals surface area contributed by atoms with Gasteiger partial charge in [0.1, 0.15) is 28.1 Å². The number of rotatable bonds is 9. The molecule has 3 heterocycles. The van der Waals surface area contributed by atoms with Crippen LogP contribution in [0, 0.1) is 5.41 Å². The number of nitrogens with zero attached hydrogens (tertiary/aromatic N) is 3. The number of hydrogen-bond acceptors (Lipinski definition) is 11. The maximum Gasteiger partial charge on any atom is 0.347 e. The van der Waals surface area contributed by atoms with E-state index in [-0.39, 0.29) is 29.2 Å². The van der Waals surface area contributed by atoms with Gasteiger partial charge >= 0.3 is 11.9 Å². The van der Waals surface area contributed by atoms with Crippen LogP contribution in [0.15, 0.2) is 16.0 Å². The third kappa shape index (κ3) is 5.84. The molecule has 0 saturated carbocycles. The lowest BCUT2D eigenvalue weighted by atomic mass is 9.89. The van der Waals surface area contributed by atoms with Gasteiger partial charge < -0.3 is 24.9 Å². The number of ether oxygens (including phenoxy) is 1. The van der Waals surface area contributed by atoms with E-state index in [9.17, 15) is 24.3 Å². The first-order valence-electron chi connectivity index (χ1n) is 10.2. The second kappa shape index (κ2) is 10.5. The van der Waals surface area contributed by atoms with Gasteiger partial charge in [0.25, 0.3) is 5.91 Å². The number of carboxylic acids is 1. The van der Waals surface area contributed by atoms with E-state index in [1.807, 2.05) is 6.26 Å². The first kappa shape index (κ1) is 26.3. The minimum atomic E-state index is -1.02. The fourth-order valence-electron chi connectivity index (χ4n) is 3.45. The van der Waals surface area contributed by atoms with Gasteiger partial charge in [-0.25, -0.2) is 9.78 Å². The minimum absolute atomic E-state index is 0.0953. The summed E-state index contributed by atoms with van der Waals surface area (Å²) in [6.45, 7) is 4.74. The molecule has 1 aromatic heterocycles. The number of hydrogen-bond donors (Lipinski definition) is 2. The molecule has 2 aliphatic heterocycles. The SMILES string of the molecule is CSCC1(C(=O)O)CS[C@@H]2C(NC(=O)C(=NOCC(=O)OC(C)(C)C)c3cscn3)C(=O)N2C1. The smallest absolute Gasteiger partial charge is 0.347 e. The van der Waals surface area contributed by atoms with E-state index in [1.54, 1.807) is 26.2 Å². The van der Waals surface area contributed by atoms with E-state index in [1.165, 1.54) is 45.3 Å². The third-order valence-electron chi connectivity index (χ3n) is 4.95. The molecule has 2 amide bonds. The fraction of sp³-hybridized carbons (Fsp3) is 0.600. The Morgan fingerprint density at radius 1 is 1.41 bits per heavy atom. The van der Waals surface area contributed by atoms with Gasteiger partial charge in [-0.3, -0.25) is 14.4 Å². The number of thiazole rings is 1. The predicted molar refractivity (Wildman–Crippen MR) is 129 cm³/mol. The number of aliphatic carboxylic acids is 1. The highest BCUT2D eigenvalue weighted by molar-refractivity contribution is 8.00. The van der Waals surface area contributed by atoms with Crippen LogP contribution in [-0.2, 0) is 28.8 Å². The summed E-state index contributed by atoms with van der Waals surface area (Å²) in [7, 11) is 0. The van der Waals surface area contributed by atoms with Crippen molar-refractivity contribution in [3.8, 4) is 0 Å². The second-order valence-electron chi connectivity index (χ2n) is 8.81. The first-order chi connectivity index (χ1) is 16.0. The number of carbonyl (C=O) groups is 4. The van der Waals surface area contributed by atoms with Crippen molar-refractivity contribution in [1.29, 1.82) is 0 Å². The average molecular weight is 531 g/mol. The molecule has 186 valence electrons. The Balaban J connectivity index is 1.66. The lowest BCUT2D eigenvalue weighted by molar-refractivity contribution is -0.160. The molecule has 34 heavy (non-hydrogen) atoms. The number of esters is 1. The van der Waals surface area contributed by atoms with Crippen molar-refractivity contribution in [3.63, 3.8) is 0 Å². The molecule has 0 aromatic carbocycles. The summed E-state index contributed by atoms with van der Waals surface area (Å²) in [5, 5.41) is 17.4. The van der Waals surface area contributed by atoms with Crippen LogP contribution >= 0.6 is 34.9 Å². The molecule has 0 spiro atoms. The molecular formula is C20H26N4O7S3. The standard InChI is InChI=1S/C20H26N4O7S3/c1-19(2,3)31-12(25)5-30-23-13(11-6-33-10-21-11)15(26)22-14-16(27)24-7-20(8-32-4,18(28)29)9-34-17(14)24/h6,10,14,17H,5,7-9H2,1-4H3,(H,22,26)(H,28,29)/t14?,17-,20?/m1/s1. The number of carbonyl (C=O) groups excluding carboxylic acids is 3. The van der Waals surface area contributed by atoms with Crippen molar-refractivity contribution < 1.29 is 33.9 Å². The molecule has 0 bridgehead atoms. The molecule has 0 aliphatic carbocycles. The molecule has 1 aromatic rings. The van der Waals surface area contributed by atoms with Crippen LogP contribution in [0.2, 0.25) is 0 Å². The topological polar surface area (TPSA) is 147 Å². The molecule has 2 saturated heterocycles. The Morgan fingerprint density at radius 3 is 2.74 bits per heavy atom. The molecular weight excluding hydrogens is 504 g/mol. The van der Waals surface area contributed by atoms with Crippen LogP contribution < -0.4 is 5.32 Å². The van der Waals surface area contributed by atoms with E-state index in [4.69, 9.17) is 9.57 Å². The van der Waals surface area contributed by atoms with Crippen molar-refractivity contribution in [2.45, 2.75) is 37.8 Å². The largest absolute Gasteiger partial charge is 0.481 e. The Hall–Kier alpha value is -2.32. The predicted octanol–water partition coefficient (Wildman–Crippen LogP) is 1.04. The summed E-state index contributed by atoms with van der Waals surface area (Å²) >= 11 is 3.99. The summed E-state index contributed by atoms with van der Waals surface area (Å²) in [4.78, 5) is 60.0. The van der Waals surface area contributed by atoms with E-state index in [0.717, 1.165) is 0 Å². The van der Waals surface area contributed by atoms with Gasteiger partial charge in [-0.2, -0.15) is 11.8 Å². The molecule has 3 atom stereocenters. The molecule has 3 rings (SSSR count). The van der Waals surface area contributed by atoms with Crippen molar-refractivity contribution in [1.82, 2.24) is 15.2 Å². The van der Waals surface area contributed by atoms with Gasteiger partial charge in [0, 0.05) is 23.4 Å². The van der Waals surface area contributed by atoms with Crippen LogP contribution in [0.3, 0.4) is 0 Å². The monoisotopic (exact) mass is 530 g/mol. The lowest BCUT2D eigenvalue weighted by Crippen LogP contribution is -2.74.